The Kier molecular flexibility index (Phi) is 5.45. The Morgan fingerprint density at radius 1 is 1.18 bits per heavy atom. The highest BCUT2D eigenvalue weighted by atomic mass is 32.2. The Balaban J connectivity index is 1.51. The molecule has 1 fully saturated rings. The lowest BCUT2D eigenvalue weighted by atomic mass is 9.89. The van der Waals surface area contributed by atoms with Crippen molar-refractivity contribution < 1.29 is 4.79 Å². The molecular formula is C16H19N3OS2. The summed E-state index contributed by atoms with van der Waals surface area (Å²) in [5.74, 6) is 1.04. The molecule has 1 aliphatic rings. The van der Waals surface area contributed by atoms with Crippen molar-refractivity contribution in [3.8, 4) is 0 Å². The van der Waals surface area contributed by atoms with Crippen molar-refractivity contribution in [1.29, 1.82) is 0 Å². The second-order valence-electron chi connectivity index (χ2n) is 5.43. The molecule has 22 heavy (non-hydrogen) atoms. The van der Waals surface area contributed by atoms with Gasteiger partial charge in [-0.05, 0) is 25.0 Å². The monoisotopic (exact) mass is 333 g/mol. The van der Waals surface area contributed by atoms with E-state index >= 15 is 0 Å². The number of nitrogens with one attached hydrogen (secondary N) is 1. The van der Waals surface area contributed by atoms with Gasteiger partial charge in [0, 0.05) is 10.8 Å². The van der Waals surface area contributed by atoms with Crippen LogP contribution in [0.25, 0.3) is 0 Å². The van der Waals surface area contributed by atoms with Gasteiger partial charge in [0.15, 0.2) is 0 Å². The Bertz CT molecular complexity index is 609. The van der Waals surface area contributed by atoms with Gasteiger partial charge in [-0.1, -0.05) is 48.8 Å². The fraction of sp³-hybridized carbons (Fsp3) is 0.438. The van der Waals surface area contributed by atoms with E-state index in [2.05, 4.69) is 27.6 Å². The van der Waals surface area contributed by atoms with Crippen LogP contribution in [0.3, 0.4) is 0 Å². The van der Waals surface area contributed by atoms with Crippen LogP contribution < -0.4 is 5.32 Å². The van der Waals surface area contributed by atoms with E-state index in [1.165, 1.54) is 22.7 Å². The number of aromatic nitrogens is 2. The Labute approximate surface area is 138 Å². The van der Waals surface area contributed by atoms with Gasteiger partial charge in [0.05, 0.1) is 5.75 Å². The van der Waals surface area contributed by atoms with Crippen LogP contribution in [0.5, 0.6) is 0 Å². The number of nitrogens with zero attached hydrogens (tertiary/aromatic N) is 2. The largest absolute Gasteiger partial charge is 0.300 e. The van der Waals surface area contributed by atoms with Gasteiger partial charge in [-0.2, -0.15) is 0 Å². The summed E-state index contributed by atoms with van der Waals surface area (Å²) in [5, 5.41) is 12.7. The van der Waals surface area contributed by atoms with E-state index in [9.17, 15) is 4.79 Å². The Morgan fingerprint density at radius 2 is 1.95 bits per heavy atom. The predicted octanol–water partition coefficient (Wildman–Crippen LogP) is 4.35. The van der Waals surface area contributed by atoms with Gasteiger partial charge < -0.3 is 5.32 Å². The highest BCUT2D eigenvalue weighted by molar-refractivity contribution is 7.98. The highest BCUT2D eigenvalue weighted by Crippen LogP contribution is 2.28. The van der Waals surface area contributed by atoms with Gasteiger partial charge in [-0.25, -0.2) is 0 Å². The molecule has 6 heteroatoms. The van der Waals surface area contributed by atoms with Crippen molar-refractivity contribution in [2.24, 2.45) is 5.92 Å². The minimum Gasteiger partial charge on any atom is -0.300 e. The number of carbonyl (C=O) groups excluding carboxylic acids is 1. The van der Waals surface area contributed by atoms with E-state index in [1.807, 2.05) is 18.2 Å². The van der Waals surface area contributed by atoms with Crippen LogP contribution in [-0.2, 0) is 10.5 Å². The first-order valence-corrected chi connectivity index (χ1v) is 9.42. The normalized spacial score (nSPS) is 15.6. The van der Waals surface area contributed by atoms with Crippen LogP contribution >= 0.6 is 23.1 Å². The number of amides is 1. The van der Waals surface area contributed by atoms with E-state index in [0.717, 1.165) is 36.4 Å². The molecule has 1 heterocycles. The molecule has 116 valence electrons. The Hall–Kier alpha value is -1.40. The van der Waals surface area contributed by atoms with Crippen LogP contribution in [0.1, 0.15) is 37.1 Å². The van der Waals surface area contributed by atoms with Gasteiger partial charge in [-0.15, -0.1) is 22.0 Å². The average molecular weight is 333 g/mol. The first-order valence-electron chi connectivity index (χ1n) is 7.62. The predicted molar refractivity (Wildman–Crippen MR) is 91.1 cm³/mol. The lowest BCUT2D eigenvalue weighted by Crippen LogP contribution is -2.24. The van der Waals surface area contributed by atoms with Crippen molar-refractivity contribution >= 4 is 34.1 Å². The van der Waals surface area contributed by atoms with Crippen LogP contribution in [0, 0.1) is 5.92 Å². The van der Waals surface area contributed by atoms with E-state index in [1.54, 1.807) is 11.8 Å². The molecule has 0 unspecified atom stereocenters. The zero-order chi connectivity index (χ0) is 15.2. The summed E-state index contributed by atoms with van der Waals surface area (Å²) in [6, 6.07) is 10.2. The molecule has 1 aromatic carbocycles. The molecule has 3 rings (SSSR count). The molecule has 1 saturated carbocycles. The first-order chi connectivity index (χ1) is 10.8. The molecular weight excluding hydrogens is 314 g/mol. The van der Waals surface area contributed by atoms with Crippen LogP contribution in [0.2, 0.25) is 0 Å². The SMILES string of the molecule is O=C(Nc1nnc(CSc2ccccc2)s1)C1CCCCC1. The van der Waals surface area contributed by atoms with Gasteiger partial charge in [-0.3, -0.25) is 4.79 Å². The zero-order valence-electron chi connectivity index (χ0n) is 12.3. The molecule has 4 nitrogen and oxygen atoms in total. The van der Waals surface area contributed by atoms with Crippen molar-refractivity contribution in [1.82, 2.24) is 10.2 Å². The number of thioether (sulfide) groups is 1. The molecule has 1 aliphatic carbocycles. The maximum Gasteiger partial charge on any atom is 0.229 e. The first kappa shape index (κ1) is 15.5. The zero-order valence-corrected chi connectivity index (χ0v) is 14.0. The van der Waals surface area contributed by atoms with Crippen molar-refractivity contribution in [3.63, 3.8) is 0 Å². The second-order valence-corrected chi connectivity index (χ2v) is 7.54. The number of hydrogen-bond donors (Lipinski definition) is 1. The minimum atomic E-state index is 0.109. The third-order valence-electron chi connectivity index (χ3n) is 3.78. The van der Waals surface area contributed by atoms with E-state index in [4.69, 9.17) is 0 Å². The summed E-state index contributed by atoms with van der Waals surface area (Å²) in [6.07, 6.45) is 5.58. The van der Waals surface area contributed by atoms with Crippen molar-refractivity contribution in [2.45, 2.75) is 42.8 Å². The minimum absolute atomic E-state index is 0.109. The second kappa shape index (κ2) is 7.74. The standard InChI is InChI=1S/C16H19N3OS2/c20-15(12-7-3-1-4-8-12)17-16-19-18-14(22-16)11-21-13-9-5-2-6-10-13/h2,5-6,9-10,12H,1,3-4,7-8,11H2,(H,17,19,20). The van der Waals surface area contributed by atoms with Crippen molar-refractivity contribution in [3.05, 3.63) is 35.3 Å². The number of carbonyl (C=O) groups is 1. The van der Waals surface area contributed by atoms with Crippen LogP contribution in [0.15, 0.2) is 35.2 Å². The van der Waals surface area contributed by atoms with Gasteiger partial charge in [0.1, 0.15) is 5.01 Å². The fourth-order valence-electron chi connectivity index (χ4n) is 2.60. The molecule has 2 aromatic rings. The van der Waals surface area contributed by atoms with E-state index in [0.29, 0.717) is 5.13 Å². The lowest BCUT2D eigenvalue weighted by molar-refractivity contribution is -0.120. The molecule has 0 radical (unpaired) electrons. The number of anilines is 1. The quantitative estimate of drug-likeness (QED) is 0.827. The lowest BCUT2D eigenvalue weighted by Gasteiger charge is -2.19. The number of hydrogen-bond acceptors (Lipinski definition) is 5. The molecule has 0 bridgehead atoms. The third kappa shape index (κ3) is 4.30. The smallest absolute Gasteiger partial charge is 0.229 e. The summed E-state index contributed by atoms with van der Waals surface area (Å²) in [4.78, 5) is 13.4. The molecule has 0 spiro atoms. The maximum absolute atomic E-state index is 12.2. The molecule has 0 aliphatic heterocycles. The van der Waals surface area contributed by atoms with E-state index < -0.39 is 0 Å². The summed E-state index contributed by atoms with van der Waals surface area (Å²) in [6.45, 7) is 0. The Morgan fingerprint density at radius 3 is 2.73 bits per heavy atom. The third-order valence-corrected chi connectivity index (χ3v) is 5.82. The molecule has 1 aromatic heterocycles. The summed E-state index contributed by atoms with van der Waals surface area (Å²) >= 11 is 3.20. The van der Waals surface area contributed by atoms with Gasteiger partial charge in [0.25, 0.3) is 0 Å². The van der Waals surface area contributed by atoms with Crippen LogP contribution in [0.4, 0.5) is 5.13 Å². The topological polar surface area (TPSA) is 54.9 Å². The molecule has 1 amide bonds. The van der Waals surface area contributed by atoms with Gasteiger partial charge in [0.2, 0.25) is 11.0 Å². The molecule has 0 atom stereocenters. The van der Waals surface area contributed by atoms with Gasteiger partial charge >= 0.3 is 0 Å². The van der Waals surface area contributed by atoms with E-state index in [-0.39, 0.29) is 11.8 Å². The summed E-state index contributed by atoms with van der Waals surface area (Å²) < 4.78 is 0. The fourth-order valence-corrected chi connectivity index (χ4v) is 4.24. The summed E-state index contributed by atoms with van der Waals surface area (Å²) in [5.41, 5.74) is 0. The summed E-state index contributed by atoms with van der Waals surface area (Å²) in [7, 11) is 0. The highest BCUT2D eigenvalue weighted by Gasteiger charge is 2.22. The van der Waals surface area contributed by atoms with Crippen molar-refractivity contribution in [2.75, 3.05) is 5.32 Å². The van der Waals surface area contributed by atoms with Crippen LogP contribution in [-0.4, -0.2) is 16.1 Å². The average Bonchev–Trinajstić information content (AvgIpc) is 3.02. The molecule has 0 saturated heterocycles. The number of rotatable bonds is 5. The maximum atomic E-state index is 12.2. The molecule has 1 N–H and O–H groups in total. The number of benzene rings is 1.